The van der Waals surface area contributed by atoms with Crippen molar-refractivity contribution in [2.75, 3.05) is 7.11 Å². The lowest BCUT2D eigenvalue weighted by Crippen LogP contribution is -2.14. The average molecular weight is 222 g/mol. The maximum Gasteiger partial charge on any atom is 0.127 e. The van der Waals surface area contributed by atoms with Crippen LogP contribution in [-0.4, -0.2) is 12.2 Å². The zero-order chi connectivity index (χ0) is 11.1. The average Bonchev–Trinajstić information content (AvgIpc) is 2.59. The maximum atomic E-state index is 10.0. The van der Waals surface area contributed by atoms with Crippen LogP contribution in [0.3, 0.4) is 0 Å². The fourth-order valence-corrected chi connectivity index (χ4v) is 2.81. The largest absolute Gasteiger partial charge is 0.496 e. The Kier molecular flexibility index (Phi) is 2.44. The van der Waals surface area contributed by atoms with E-state index in [1.165, 1.54) is 0 Å². The first-order valence-corrected chi connectivity index (χ1v) is 5.69. The van der Waals surface area contributed by atoms with Crippen molar-refractivity contribution in [2.45, 2.75) is 19.4 Å². The monoisotopic (exact) mass is 222 g/mol. The minimum Gasteiger partial charge on any atom is -0.496 e. The molecule has 1 aromatic heterocycles. The summed E-state index contributed by atoms with van der Waals surface area (Å²) in [5.41, 5.74) is 0.104. The number of hydrogen-bond acceptors (Lipinski definition) is 3. The lowest BCUT2D eigenvalue weighted by molar-refractivity contribution is 0.0804. The summed E-state index contributed by atoms with van der Waals surface area (Å²) in [5, 5.41) is 13.1. The minimum absolute atomic E-state index is 0.825. The molecule has 2 rings (SSSR count). The van der Waals surface area contributed by atoms with Crippen molar-refractivity contribution in [3.8, 4) is 5.75 Å². The SMILES string of the molecule is COc1cccc2scc(C(C)(C)O)c12. The quantitative estimate of drug-likeness (QED) is 0.846. The van der Waals surface area contributed by atoms with Crippen LogP contribution in [0.2, 0.25) is 0 Å². The van der Waals surface area contributed by atoms with Gasteiger partial charge in [0.05, 0.1) is 12.7 Å². The molecule has 2 aromatic rings. The van der Waals surface area contributed by atoms with Gasteiger partial charge in [-0.3, -0.25) is 0 Å². The molecule has 3 heteroatoms. The van der Waals surface area contributed by atoms with Gasteiger partial charge in [-0.25, -0.2) is 0 Å². The van der Waals surface area contributed by atoms with Crippen molar-refractivity contribution in [1.82, 2.24) is 0 Å². The maximum absolute atomic E-state index is 10.0. The first-order valence-electron chi connectivity index (χ1n) is 4.81. The zero-order valence-corrected chi connectivity index (χ0v) is 9.89. The molecule has 2 nitrogen and oxygen atoms in total. The number of thiophene rings is 1. The van der Waals surface area contributed by atoms with Crippen LogP contribution in [0, 0.1) is 0 Å². The molecule has 0 aliphatic rings. The summed E-state index contributed by atoms with van der Waals surface area (Å²) in [7, 11) is 1.65. The summed E-state index contributed by atoms with van der Waals surface area (Å²) < 4.78 is 6.46. The van der Waals surface area contributed by atoms with E-state index in [1.54, 1.807) is 32.3 Å². The second-order valence-electron chi connectivity index (χ2n) is 4.04. The second kappa shape index (κ2) is 3.51. The van der Waals surface area contributed by atoms with E-state index in [0.29, 0.717) is 0 Å². The molecule has 0 radical (unpaired) electrons. The molecule has 0 amide bonds. The normalized spacial score (nSPS) is 12.0. The molecule has 0 saturated carbocycles. The van der Waals surface area contributed by atoms with Gasteiger partial charge >= 0.3 is 0 Å². The van der Waals surface area contributed by atoms with Crippen LogP contribution in [0.15, 0.2) is 23.6 Å². The van der Waals surface area contributed by atoms with Crippen molar-refractivity contribution in [1.29, 1.82) is 0 Å². The molecule has 0 fully saturated rings. The predicted molar refractivity (Wildman–Crippen MR) is 63.6 cm³/mol. The van der Waals surface area contributed by atoms with Crippen LogP contribution < -0.4 is 4.74 Å². The Bertz CT molecular complexity index is 480. The third kappa shape index (κ3) is 1.73. The Labute approximate surface area is 93.1 Å². The van der Waals surface area contributed by atoms with Crippen molar-refractivity contribution < 1.29 is 9.84 Å². The Hall–Kier alpha value is -1.06. The molecule has 0 bridgehead atoms. The first-order chi connectivity index (χ1) is 7.04. The first kappa shape index (κ1) is 10.5. The second-order valence-corrected chi connectivity index (χ2v) is 4.95. The van der Waals surface area contributed by atoms with Gasteiger partial charge in [0, 0.05) is 15.6 Å². The fourth-order valence-electron chi connectivity index (χ4n) is 1.68. The van der Waals surface area contributed by atoms with E-state index in [1.807, 2.05) is 23.6 Å². The number of rotatable bonds is 2. The minimum atomic E-state index is -0.827. The van der Waals surface area contributed by atoms with Crippen LogP contribution in [0.4, 0.5) is 0 Å². The van der Waals surface area contributed by atoms with Gasteiger partial charge in [-0.15, -0.1) is 11.3 Å². The molecule has 1 heterocycles. The third-order valence-corrected chi connectivity index (χ3v) is 3.39. The third-order valence-electron chi connectivity index (χ3n) is 2.44. The number of benzene rings is 1. The van der Waals surface area contributed by atoms with Gasteiger partial charge in [-0.1, -0.05) is 6.07 Å². The van der Waals surface area contributed by atoms with Crippen LogP contribution in [-0.2, 0) is 5.60 Å². The van der Waals surface area contributed by atoms with E-state index in [4.69, 9.17) is 4.74 Å². The van der Waals surface area contributed by atoms with Crippen LogP contribution in [0.25, 0.3) is 10.1 Å². The molecule has 80 valence electrons. The number of methoxy groups -OCH3 is 1. The highest BCUT2D eigenvalue weighted by atomic mass is 32.1. The summed E-state index contributed by atoms with van der Waals surface area (Å²) >= 11 is 1.63. The fraction of sp³-hybridized carbons (Fsp3) is 0.333. The standard InChI is InChI=1S/C12H14O2S/c1-12(2,13)8-7-15-10-6-4-5-9(14-3)11(8)10/h4-7,13H,1-3H3. The Morgan fingerprint density at radius 2 is 2.07 bits per heavy atom. The number of fused-ring (bicyclic) bond motifs is 1. The van der Waals surface area contributed by atoms with Crippen molar-refractivity contribution in [3.05, 3.63) is 29.1 Å². The van der Waals surface area contributed by atoms with Crippen molar-refractivity contribution in [2.24, 2.45) is 0 Å². The lowest BCUT2D eigenvalue weighted by Gasteiger charge is -2.17. The van der Waals surface area contributed by atoms with Crippen LogP contribution >= 0.6 is 11.3 Å². The van der Waals surface area contributed by atoms with Gasteiger partial charge in [-0.2, -0.15) is 0 Å². The molecule has 15 heavy (non-hydrogen) atoms. The smallest absolute Gasteiger partial charge is 0.127 e. The molecule has 0 unspecified atom stereocenters. The van der Waals surface area contributed by atoms with Gasteiger partial charge in [0.15, 0.2) is 0 Å². The molecule has 1 N–H and O–H groups in total. The Morgan fingerprint density at radius 1 is 1.33 bits per heavy atom. The lowest BCUT2D eigenvalue weighted by atomic mass is 9.97. The topological polar surface area (TPSA) is 29.5 Å². The van der Waals surface area contributed by atoms with E-state index >= 15 is 0 Å². The van der Waals surface area contributed by atoms with Crippen LogP contribution in [0.5, 0.6) is 5.75 Å². The zero-order valence-electron chi connectivity index (χ0n) is 9.07. The van der Waals surface area contributed by atoms with Crippen LogP contribution in [0.1, 0.15) is 19.4 Å². The van der Waals surface area contributed by atoms with Crippen molar-refractivity contribution in [3.63, 3.8) is 0 Å². The highest BCUT2D eigenvalue weighted by molar-refractivity contribution is 7.17. The van der Waals surface area contributed by atoms with Crippen molar-refractivity contribution >= 4 is 21.4 Å². The Morgan fingerprint density at radius 3 is 2.67 bits per heavy atom. The van der Waals surface area contributed by atoms with E-state index in [9.17, 15) is 5.11 Å². The summed E-state index contributed by atoms with van der Waals surface area (Å²) in [6, 6.07) is 5.92. The van der Waals surface area contributed by atoms with E-state index in [0.717, 1.165) is 21.4 Å². The van der Waals surface area contributed by atoms with E-state index < -0.39 is 5.60 Å². The Balaban J connectivity index is 2.77. The highest BCUT2D eigenvalue weighted by Crippen LogP contribution is 2.38. The molecular weight excluding hydrogens is 208 g/mol. The molecule has 0 atom stereocenters. The van der Waals surface area contributed by atoms with E-state index in [-0.39, 0.29) is 0 Å². The molecule has 1 aromatic carbocycles. The molecule has 0 aliphatic carbocycles. The summed E-state index contributed by atoms with van der Waals surface area (Å²) in [6.45, 7) is 3.59. The van der Waals surface area contributed by atoms with Gasteiger partial charge in [0.1, 0.15) is 5.75 Å². The van der Waals surface area contributed by atoms with Gasteiger partial charge in [0.2, 0.25) is 0 Å². The molecule has 0 aliphatic heterocycles. The van der Waals surface area contributed by atoms with Gasteiger partial charge < -0.3 is 9.84 Å². The number of aliphatic hydroxyl groups is 1. The summed E-state index contributed by atoms with van der Waals surface area (Å²) in [5.74, 6) is 0.825. The molecule has 0 spiro atoms. The van der Waals surface area contributed by atoms with Gasteiger partial charge in [-0.05, 0) is 31.4 Å². The van der Waals surface area contributed by atoms with Gasteiger partial charge in [0.25, 0.3) is 0 Å². The molecular formula is C12H14O2S. The number of hydrogen-bond donors (Lipinski definition) is 1. The summed E-state index contributed by atoms with van der Waals surface area (Å²) in [6.07, 6.45) is 0. The highest BCUT2D eigenvalue weighted by Gasteiger charge is 2.22. The summed E-state index contributed by atoms with van der Waals surface area (Å²) in [4.78, 5) is 0. The molecule has 0 saturated heterocycles. The predicted octanol–water partition coefficient (Wildman–Crippen LogP) is 3.14. The number of ether oxygens (including phenoxy) is 1. The van der Waals surface area contributed by atoms with E-state index in [2.05, 4.69) is 0 Å².